The van der Waals surface area contributed by atoms with Gasteiger partial charge in [-0.2, -0.15) is 0 Å². The van der Waals surface area contributed by atoms with Crippen LogP contribution in [-0.2, 0) is 0 Å². The van der Waals surface area contributed by atoms with Gasteiger partial charge in [-0.1, -0.05) is 17.4 Å². The number of thiazole rings is 1. The highest BCUT2D eigenvalue weighted by atomic mass is 32.1. The second-order valence-corrected chi connectivity index (χ2v) is 4.50. The summed E-state index contributed by atoms with van der Waals surface area (Å²) in [4.78, 5) is 8.18. The Kier molecular flexibility index (Phi) is 2.38. The van der Waals surface area contributed by atoms with Gasteiger partial charge in [0.15, 0.2) is 5.13 Å². The Morgan fingerprint density at radius 2 is 2.12 bits per heavy atom. The molecular weight excluding hydrogens is 234 g/mol. The number of benzene rings is 1. The van der Waals surface area contributed by atoms with Gasteiger partial charge in [0, 0.05) is 11.6 Å². The number of rotatable bonds is 2. The van der Waals surface area contributed by atoms with Gasteiger partial charge in [0.05, 0.1) is 11.7 Å². The van der Waals surface area contributed by atoms with Crippen molar-refractivity contribution in [1.82, 2.24) is 9.97 Å². The van der Waals surface area contributed by atoms with E-state index in [1.807, 2.05) is 30.3 Å². The molecule has 0 saturated heterocycles. The number of pyridine rings is 1. The summed E-state index contributed by atoms with van der Waals surface area (Å²) >= 11 is 1.32. The zero-order chi connectivity index (χ0) is 11.7. The summed E-state index contributed by atoms with van der Waals surface area (Å²) in [6, 6.07) is 9.64. The molecule has 17 heavy (non-hydrogen) atoms. The van der Waals surface area contributed by atoms with E-state index in [9.17, 15) is 0 Å². The molecule has 0 aliphatic carbocycles. The van der Waals surface area contributed by atoms with Crippen molar-refractivity contribution in [2.45, 2.75) is 0 Å². The molecule has 3 rings (SSSR count). The fourth-order valence-corrected chi connectivity index (χ4v) is 2.11. The molecular formula is C12H9N3OS. The first-order valence-electron chi connectivity index (χ1n) is 5.05. The van der Waals surface area contributed by atoms with Crippen LogP contribution < -0.4 is 10.5 Å². The third-order valence-electron chi connectivity index (χ3n) is 2.30. The van der Waals surface area contributed by atoms with Crippen molar-refractivity contribution < 1.29 is 4.74 Å². The van der Waals surface area contributed by atoms with Crippen LogP contribution in [0.4, 0.5) is 5.13 Å². The molecule has 2 N–H and O–H groups in total. The molecule has 5 heteroatoms. The summed E-state index contributed by atoms with van der Waals surface area (Å²) in [7, 11) is 0. The van der Waals surface area contributed by atoms with Gasteiger partial charge in [0.25, 0.3) is 0 Å². The van der Waals surface area contributed by atoms with E-state index in [0.717, 1.165) is 16.7 Å². The predicted octanol–water partition coefficient (Wildman–Crippen LogP) is 3.07. The monoisotopic (exact) mass is 243 g/mol. The molecule has 0 unspecified atom stereocenters. The predicted molar refractivity (Wildman–Crippen MR) is 68.3 cm³/mol. The summed E-state index contributed by atoms with van der Waals surface area (Å²) in [5.41, 5.74) is 6.49. The second kappa shape index (κ2) is 4.03. The number of nitrogen functional groups attached to an aromatic ring is 1. The summed E-state index contributed by atoms with van der Waals surface area (Å²) in [6.07, 6.45) is 3.39. The van der Waals surface area contributed by atoms with Crippen LogP contribution in [0.2, 0.25) is 0 Å². The zero-order valence-electron chi connectivity index (χ0n) is 8.83. The minimum Gasteiger partial charge on any atom is -0.445 e. The molecule has 84 valence electrons. The van der Waals surface area contributed by atoms with E-state index < -0.39 is 0 Å². The molecule has 1 aromatic carbocycles. The molecule has 0 fully saturated rings. The summed E-state index contributed by atoms with van der Waals surface area (Å²) in [5, 5.41) is 2.23. The van der Waals surface area contributed by atoms with Crippen LogP contribution in [0.5, 0.6) is 10.8 Å². The number of fused-ring (bicyclic) bond motifs is 1. The van der Waals surface area contributed by atoms with Gasteiger partial charge < -0.3 is 10.5 Å². The largest absolute Gasteiger partial charge is 0.445 e. The topological polar surface area (TPSA) is 61.0 Å². The molecule has 0 saturated carbocycles. The van der Waals surface area contributed by atoms with E-state index in [1.165, 1.54) is 11.3 Å². The van der Waals surface area contributed by atoms with Gasteiger partial charge >= 0.3 is 0 Å². The lowest BCUT2D eigenvalue weighted by Gasteiger charge is -2.03. The highest BCUT2D eigenvalue weighted by Gasteiger charge is 2.02. The van der Waals surface area contributed by atoms with Crippen molar-refractivity contribution >= 4 is 27.4 Å². The Morgan fingerprint density at radius 1 is 1.18 bits per heavy atom. The Balaban J connectivity index is 1.95. The average Bonchev–Trinajstić information content (AvgIpc) is 2.75. The van der Waals surface area contributed by atoms with Crippen LogP contribution >= 0.6 is 11.3 Å². The third-order valence-corrected chi connectivity index (χ3v) is 3.00. The minimum absolute atomic E-state index is 0.502. The standard InChI is InChI=1S/C12H9N3OS/c13-12-15-7-11(17-12)16-9-3-4-10-8(6-9)2-1-5-14-10/h1-7H,(H2,13,15). The molecule has 2 heterocycles. The van der Waals surface area contributed by atoms with E-state index in [2.05, 4.69) is 9.97 Å². The molecule has 0 atom stereocenters. The SMILES string of the molecule is Nc1ncc(Oc2ccc3ncccc3c2)s1. The maximum Gasteiger partial charge on any atom is 0.202 e. The minimum atomic E-state index is 0.502. The number of nitrogens with two attached hydrogens (primary N) is 1. The maximum absolute atomic E-state index is 5.66. The van der Waals surface area contributed by atoms with Crippen LogP contribution in [0.3, 0.4) is 0 Å². The van der Waals surface area contributed by atoms with Crippen LogP contribution in [0.15, 0.2) is 42.7 Å². The van der Waals surface area contributed by atoms with Gasteiger partial charge in [-0.05, 0) is 24.3 Å². The summed E-state index contributed by atoms with van der Waals surface area (Å²) < 4.78 is 5.66. The molecule has 0 aliphatic rings. The lowest BCUT2D eigenvalue weighted by atomic mass is 10.2. The Morgan fingerprint density at radius 3 is 2.94 bits per heavy atom. The lowest BCUT2D eigenvalue weighted by molar-refractivity contribution is 0.496. The first-order valence-corrected chi connectivity index (χ1v) is 5.87. The second-order valence-electron chi connectivity index (χ2n) is 3.48. The molecule has 0 amide bonds. The van der Waals surface area contributed by atoms with Crippen LogP contribution in [0, 0.1) is 0 Å². The third kappa shape index (κ3) is 2.05. The highest BCUT2D eigenvalue weighted by molar-refractivity contribution is 7.17. The quantitative estimate of drug-likeness (QED) is 0.751. The number of anilines is 1. The van der Waals surface area contributed by atoms with Crippen molar-refractivity contribution in [2.24, 2.45) is 0 Å². The Hall–Kier alpha value is -2.14. The van der Waals surface area contributed by atoms with E-state index in [-0.39, 0.29) is 0 Å². The number of aromatic nitrogens is 2. The van der Waals surface area contributed by atoms with E-state index in [1.54, 1.807) is 12.4 Å². The van der Waals surface area contributed by atoms with Gasteiger partial charge in [-0.15, -0.1) is 0 Å². The fourth-order valence-electron chi connectivity index (χ4n) is 1.55. The molecule has 0 aliphatic heterocycles. The smallest absolute Gasteiger partial charge is 0.202 e. The number of nitrogens with zero attached hydrogens (tertiary/aromatic N) is 2. The average molecular weight is 243 g/mol. The molecule has 2 aromatic heterocycles. The van der Waals surface area contributed by atoms with Crippen molar-refractivity contribution in [3.63, 3.8) is 0 Å². The van der Waals surface area contributed by atoms with E-state index in [0.29, 0.717) is 10.2 Å². The van der Waals surface area contributed by atoms with Crippen molar-refractivity contribution in [3.05, 3.63) is 42.7 Å². The lowest BCUT2D eigenvalue weighted by Crippen LogP contribution is -1.82. The van der Waals surface area contributed by atoms with Crippen molar-refractivity contribution in [1.29, 1.82) is 0 Å². The van der Waals surface area contributed by atoms with E-state index >= 15 is 0 Å². The first-order chi connectivity index (χ1) is 8.31. The fraction of sp³-hybridized carbons (Fsp3) is 0. The zero-order valence-corrected chi connectivity index (χ0v) is 9.65. The summed E-state index contributed by atoms with van der Waals surface area (Å²) in [5.74, 6) is 0.758. The normalized spacial score (nSPS) is 10.6. The Bertz CT molecular complexity index is 665. The van der Waals surface area contributed by atoms with Crippen molar-refractivity contribution in [3.8, 4) is 10.8 Å². The van der Waals surface area contributed by atoms with Gasteiger partial charge in [0.2, 0.25) is 5.06 Å². The molecule has 3 aromatic rings. The van der Waals surface area contributed by atoms with Gasteiger partial charge in [-0.25, -0.2) is 4.98 Å². The van der Waals surface area contributed by atoms with Gasteiger partial charge in [0.1, 0.15) is 5.75 Å². The van der Waals surface area contributed by atoms with Crippen LogP contribution in [0.1, 0.15) is 0 Å². The molecule has 4 nitrogen and oxygen atoms in total. The first kappa shape index (κ1) is 10.0. The van der Waals surface area contributed by atoms with Crippen LogP contribution in [-0.4, -0.2) is 9.97 Å². The number of hydrogen-bond donors (Lipinski definition) is 1. The molecule has 0 spiro atoms. The van der Waals surface area contributed by atoms with Gasteiger partial charge in [-0.3, -0.25) is 4.98 Å². The highest BCUT2D eigenvalue weighted by Crippen LogP contribution is 2.29. The molecule has 0 bridgehead atoms. The number of ether oxygens (including phenoxy) is 1. The van der Waals surface area contributed by atoms with Crippen LogP contribution in [0.25, 0.3) is 10.9 Å². The Labute approximate surface area is 102 Å². The van der Waals surface area contributed by atoms with E-state index in [4.69, 9.17) is 10.5 Å². The van der Waals surface area contributed by atoms with Crippen molar-refractivity contribution in [2.75, 3.05) is 5.73 Å². The number of hydrogen-bond acceptors (Lipinski definition) is 5. The molecule has 0 radical (unpaired) electrons. The maximum atomic E-state index is 5.66. The summed E-state index contributed by atoms with van der Waals surface area (Å²) in [6.45, 7) is 0.